The highest BCUT2D eigenvalue weighted by atomic mass is 14.4. The van der Waals surface area contributed by atoms with Crippen molar-refractivity contribution in [1.29, 1.82) is 0 Å². The summed E-state index contributed by atoms with van der Waals surface area (Å²) in [7, 11) is 0. The van der Waals surface area contributed by atoms with Crippen molar-refractivity contribution in [2.75, 3.05) is 0 Å². The van der Waals surface area contributed by atoms with Crippen LogP contribution < -0.4 is 0 Å². The molecule has 76 valence electrons. The van der Waals surface area contributed by atoms with Gasteiger partial charge in [-0.05, 0) is 35.3 Å². The summed E-state index contributed by atoms with van der Waals surface area (Å²) in [5, 5.41) is 0. The normalized spacial score (nSPS) is 17.1. The smallest absolute Gasteiger partial charge is 0.0239 e. The number of hydrogen-bond donors (Lipinski definition) is 0. The lowest BCUT2D eigenvalue weighted by Gasteiger charge is -2.30. The van der Waals surface area contributed by atoms with Crippen molar-refractivity contribution in [3.8, 4) is 0 Å². The Hall–Kier alpha value is -0.780. The lowest BCUT2D eigenvalue weighted by atomic mass is 9.75. The Kier molecular flexibility index (Phi) is 2.38. The highest BCUT2D eigenvalue weighted by Crippen LogP contribution is 2.40. The molecule has 2 rings (SSSR count). The maximum absolute atomic E-state index is 2.41. The third kappa shape index (κ3) is 1.58. The molecule has 0 aromatic heterocycles. The van der Waals surface area contributed by atoms with Gasteiger partial charge in [-0.25, -0.2) is 0 Å². The zero-order valence-electron chi connectivity index (χ0n) is 9.51. The molecule has 0 bridgehead atoms. The maximum atomic E-state index is 2.41. The highest BCUT2D eigenvalue weighted by Gasteiger charge is 2.32. The molecule has 1 aliphatic rings. The van der Waals surface area contributed by atoms with Gasteiger partial charge in [0.1, 0.15) is 0 Å². The van der Waals surface area contributed by atoms with E-state index in [0.29, 0.717) is 5.41 Å². The molecule has 0 unspecified atom stereocenters. The maximum Gasteiger partial charge on any atom is -0.0239 e. The molecular weight excluding hydrogens is 168 g/mol. The predicted octanol–water partition coefficient (Wildman–Crippen LogP) is 3.84. The van der Waals surface area contributed by atoms with Crippen LogP contribution in [0.15, 0.2) is 24.3 Å². The summed E-state index contributed by atoms with van der Waals surface area (Å²) < 4.78 is 0. The minimum atomic E-state index is 0.499. The van der Waals surface area contributed by atoms with Gasteiger partial charge in [0.05, 0.1) is 0 Å². The molecule has 0 saturated carbocycles. The van der Waals surface area contributed by atoms with E-state index in [1.165, 1.54) is 19.3 Å². The van der Waals surface area contributed by atoms with E-state index >= 15 is 0 Å². The summed E-state index contributed by atoms with van der Waals surface area (Å²) in [5.74, 6) is 0.852. The Morgan fingerprint density at radius 1 is 1.14 bits per heavy atom. The van der Waals surface area contributed by atoms with Crippen molar-refractivity contribution in [2.45, 2.75) is 40.0 Å². The minimum Gasteiger partial charge on any atom is -0.0649 e. The zero-order valence-corrected chi connectivity index (χ0v) is 9.51. The van der Waals surface area contributed by atoms with Crippen molar-refractivity contribution in [3.63, 3.8) is 0 Å². The van der Waals surface area contributed by atoms with Crippen molar-refractivity contribution in [1.82, 2.24) is 0 Å². The van der Waals surface area contributed by atoms with Crippen molar-refractivity contribution < 1.29 is 0 Å². The minimum absolute atomic E-state index is 0.499. The van der Waals surface area contributed by atoms with Crippen LogP contribution in [0.4, 0.5) is 0 Å². The first-order valence-electron chi connectivity index (χ1n) is 5.70. The molecule has 0 atom stereocenters. The van der Waals surface area contributed by atoms with Crippen LogP contribution in [-0.2, 0) is 12.8 Å². The molecule has 1 aromatic rings. The summed E-state index contributed by atoms with van der Waals surface area (Å²) >= 11 is 0. The summed E-state index contributed by atoms with van der Waals surface area (Å²) in [5.41, 5.74) is 3.66. The number of rotatable bonds is 2. The monoisotopic (exact) mass is 188 g/mol. The van der Waals surface area contributed by atoms with Gasteiger partial charge in [-0.3, -0.25) is 0 Å². The summed E-state index contributed by atoms with van der Waals surface area (Å²) in [4.78, 5) is 0. The van der Waals surface area contributed by atoms with Gasteiger partial charge < -0.3 is 0 Å². The Morgan fingerprint density at radius 3 is 2.07 bits per heavy atom. The molecule has 0 amide bonds. The van der Waals surface area contributed by atoms with Gasteiger partial charge >= 0.3 is 0 Å². The second kappa shape index (κ2) is 3.42. The Bertz CT molecular complexity index is 298. The zero-order chi connectivity index (χ0) is 10.2. The quantitative estimate of drug-likeness (QED) is 0.661. The first-order chi connectivity index (χ1) is 6.63. The van der Waals surface area contributed by atoms with Gasteiger partial charge in [0.2, 0.25) is 0 Å². The van der Waals surface area contributed by atoms with Crippen LogP contribution in [-0.4, -0.2) is 0 Å². The molecule has 0 spiro atoms. The fourth-order valence-electron chi connectivity index (χ4n) is 2.40. The van der Waals surface area contributed by atoms with Crippen LogP contribution in [0, 0.1) is 11.3 Å². The van der Waals surface area contributed by atoms with Crippen LogP contribution in [0.2, 0.25) is 0 Å². The molecule has 0 heteroatoms. The molecular formula is C14H20. The van der Waals surface area contributed by atoms with Crippen LogP contribution >= 0.6 is 0 Å². The number of hydrogen-bond acceptors (Lipinski definition) is 0. The number of benzene rings is 1. The molecule has 1 aromatic carbocycles. The molecule has 0 aliphatic heterocycles. The summed E-state index contributed by atoms with van der Waals surface area (Å²) in [6.45, 7) is 7.12. The summed E-state index contributed by atoms with van der Waals surface area (Å²) in [6.07, 6.45) is 3.86. The summed E-state index contributed by atoms with van der Waals surface area (Å²) in [6, 6.07) is 8.92. The fraction of sp³-hybridized carbons (Fsp3) is 0.571. The fourth-order valence-corrected chi connectivity index (χ4v) is 2.40. The molecule has 0 fully saturated rings. The molecule has 0 N–H and O–H groups in total. The van der Waals surface area contributed by atoms with Gasteiger partial charge in [0.15, 0.2) is 0 Å². The Morgan fingerprint density at radius 2 is 1.64 bits per heavy atom. The Labute approximate surface area is 87.3 Å². The predicted molar refractivity (Wildman–Crippen MR) is 61.4 cm³/mol. The second-order valence-electron chi connectivity index (χ2n) is 5.22. The van der Waals surface area contributed by atoms with Gasteiger partial charge in [-0.1, -0.05) is 51.5 Å². The Balaban J connectivity index is 2.19. The topological polar surface area (TPSA) is 0 Å². The average Bonchev–Trinajstić information content (AvgIpc) is 2.61. The van der Waals surface area contributed by atoms with Crippen LogP contribution in [0.3, 0.4) is 0 Å². The first kappa shape index (κ1) is 9.76. The highest BCUT2D eigenvalue weighted by molar-refractivity contribution is 5.32. The lowest BCUT2D eigenvalue weighted by molar-refractivity contribution is 0.212. The number of fused-ring (bicyclic) bond motifs is 1. The van der Waals surface area contributed by atoms with E-state index in [2.05, 4.69) is 45.0 Å². The molecule has 0 nitrogen and oxygen atoms in total. The van der Waals surface area contributed by atoms with Gasteiger partial charge in [0, 0.05) is 0 Å². The van der Waals surface area contributed by atoms with E-state index in [4.69, 9.17) is 0 Å². The largest absolute Gasteiger partial charge is 0.0649 e. The van der Waals surface area contributed by atoms with Gasteiger partial charge in [0.25, 0.3) is 0 Å². The van der Waals surface area contributed by atoms with Crippen molar-refractivity contribution >= 4 is 0 Å². The standard InChI is InChI=1S/C14H20/c1-4-14(2,3)13-9-11-7-5-6-8-12(11)10-13/h5-8,13H,4,9-10H2,1-3H3. The van der Waals surface area contributed by atoms with Crippen LogP contribution in [0.25, 0.3) is 0 Å². The van der Waals surface area contributed by atoms with Crippen LogP contribution in [0.1, 0.15) is 38.3 Å². The molecule has 0 radical (unpaired) electrons. The molecule has 14 heavy (non-hydrogen) atoms. The van der Waals surface area contributed by atoms with E-state index < -0.39 is 0 Å². The SMILES string of the molecule is CCC(C)(C)C1Cc2ccccc2C1. The molecule has 0 saturated heterocycles. The lowest BCUT2D eigenvalue weighted by Crippen LogP contribution is -2.23. The van der Waals surface area contributed by atoms with E-state index in [1.807, 2.05) is 0 Å². The van der Waals surface area contributed by atoms with Crippen LogP contribution in [0.5, 0.6) is 0 Å². The van der Waals surface area contributed by atoms with Crippen molar-refractivity contribution in [3.05, 3.63) is 35.4 Å². The van der Waals surface area contributed by atoms with Crippen molar-refractivity contribution in [2.24, 2.45) is 11.3 Å². The first-order valence-corrected chi connectivity index (χ1v) is 5.70. The van der Waals surface area contributed by atoms with E-state index in [-0.39, 0.29) is 0 Å². The second-order valence-corrected chi connectivity index (χ2v) is 5.22. The average molecular weight is 188 g/mol. The van der Waals surface area contributed by atoms with Gasteiger partial charge in [-0.15, -0.1) is 0 Å². The third-order valence-corrected chi connectivity index (χ3v) is 4.07. The van der Waals surface area contributed by atoms with E-state index in [9.17, 15) is 0 Å². The van der Waals surface area contributed by atoms with E-state index in [1.54, 1.807) is 11.1 Å². The molecule has 0 heterocycles. The van der Waals surface area contributed by atoms with Gasteiger partial charge in [-0.2, -0.15) is 0 Å². The van der Waals surface area contributed by atoms with E-state index in [0.717, 1.165) is 5.92 Å². The third-order valence-electron chi connectivity index (χ3n) is 4.07. The molecule has 1 aliphatic carbocycles.